The number of imidazole rings is 1. The zero-order chi connectivity index (χ0) is 16.2. The van der Waals surface area contributed by atoms with E-state index >= 15 is 0 Å². The van der Waals surface area contributed by atoms with Gasteiger partial charge in [0.1, 0.15) is 5.82 Å². The Bertz CT molecular complexity index is 686. The van der Waals surface area contributed by atoms with Crippen LogP contribution in [0, 0.1) is 12.7 Å². The second kappa shape index (κ2) is 6.81. The zero-order valence-corrected chi connectivity index (χ0v) is 13.1. The molecule has 5 nitrogen and oxygen atoms in total. The number of aromatic nitrogens is 2. The fourth-order valence-electron chi connectivity index (χ4n) is 2.82. The standard InChI is InChI=1S/C17H20FN3O2/c1-12-10-19-17(20-12)13-6-8-21(11-13)16(22)7-9-23-15-5-3-2-4-14(15)18/h2-5,10,13H,6-9,11H2,1H3,(H,19,20)/t13-/m0/s1. The van der Waals surface area contributed by atoms with Crippen molar-refractivity contribution < 1.29 is 13.9 Å². The van der Waals surface area contributed by atoms with Crippen LogP contribution in [0.1, 0.15) is 30.3 Å². The van der Waals surface area contributed by atoms with Crippen molar-refractivity contribution in [3.8, 4) is 5.75 Å². The van der Waals surface area contributed by atoms with Gasteiger partial charge in [0.05, 0.1) is 13.0 Å². The molecule has 0 unspecified atom stereocenters. The second-order valence-corrected chi connectivity index (χ2v) is 5.81. The van der Waals surface area contributed by atoms with Gasteiger partial charge in [0, 0.05) is 30.9 Å². The van der Waals surface area contributed by atoms with Crippen LogP contribution in [-0.2, 0) is 4.79 Å². The minimum absolute atomic E-state index is 0.0344. The van der Waals surface area contributed by atoms with Gasteiger partial charge in [0.15, 0.2) is 11.6 Å². The average molecular weight is 317 g/mol. The van der Waals surface area contributed by atoms with Gasteiger partial charge in [-0.25, -0.2) is 9.37 Å². The fraction of sp³-hybridized carbons (Fsp3) is 0.412. The van der Waals surface area contributed by atoms with Gasteiger partial charge in [-0.3, -0.25) is 4.79 Å². The highest BCUT2D eigenvalue weighted by Crippen LogP contribution is 2.25. The first-order chi connectivity index (χ1) is 11.1. The molecule has 122 valence electrons. The van der Waals surface area contributed by atoms with Gasteiger partial charge in [-0.1, -0.05) is 12.1 Å². The van der Waals surface area contributed by atoms with E-state index in [9.17, 15) is 9.18 Å². The number of H-pyrrole nitrogens is 1. The number of hydrogen-bond acceptors (Lipinski definition) is 3. The number of nitrogens with zero attached hydrogens (tertiary/aromatic N) is 2. The van der Waals surface area contributed by atoms with Crippen molar-refractivity contribution in [3.63, 3.8) is 0 Å². The van der Waals surface area contributed by atoms with E-state index in [0.29, 0.717) is 6.54 Å². The highest BCUT2D eigenvalue weighted by atomic mass is 19.1. The number of aryl methyl sites for hydroxylation is 1. The minimum Gasteiger partial charge on any atom is -0.490 e. The minimum atomic E-state index is -0.408. The highest BCUT2D eigenvalue weighted by molar-refractivity contribution is 5.76. The largest absolute Gasteiger partial charge is 0.490 e. The maximum absolute atomic E-state index is 13.4. The van der Waals surface area contributed by atoms with Crippen molar-refractivity contribution in [2.24, 2.45) is 0 Å². The second-order valence-electron chi connectivity index (χ2n) is 5.81. The summed E-state index contributed by atoms with van der Waals surface area (Å²) >= 11 is 0. The van der Waals surface area contributed by atoms with Crippen molar-refractivity contribution in [1.29, 1.82) is 0 Å². The van der Waals surface area contributed by atoms with Crippen molar-refractivity contribution in [2.75, 3.05) is 19.7 Å². The number of para-hydroxylation sites is 1. The molecule has 0 radical (unpaired) electrons. The van der Waals surface area contributed by atoms with Gasteiger partial charge in [-0.2, -0.15) is 0 Å². The maximum Gasteiger partial charge on any atom is 0.226 e. The Morgan fingerprint density at radius 2 is 2.30 bits per heavy atom. The molecule has 6 heteroatoms. The molecule has 23 heavy (non-hydrogen) atoms. The summed E-state index contributed by atoms with van der Waals surface area (Å²) in [4.78, 5) is 21.6. The Morgan fingerprint density at radius 1 is 1.48 bits per heavy atom. The number of benzene rings is 1. The summed E-state index contributed by atoms with van der Waals surface area (Å²) in [5.41, 5.74) is 1.03. The molecule has 0 bridgehead atoms. The molecule has 0 saturated carbocycles. The lowest BCUT2D eigenvalue weighted by atomic mass is 10.1. The Hall–Kier alpha value is -2.37. The number of carbonyl (C=O) groups excluding carboxylic acids is 1. The van der Waals surface area contributed by atoms with Crippen LogP contribution in [-0.4, -0.2) is 40.5 Å². The van der Waals surface area contributed by atoms with Crippen LogP contribution in [0.2, 0.25) is 0 Å². The monoisotopic (exact) mass is 317 g/mol. The summed E-state index contributed by atoms with van der Waals surface area (Å²) in [7, 11) is 0. The Labute approximate surface area is 134 Å². The number of amides is 1. The number of rotatable bonds is 5. The van der Waals surface area contributed by atoms with E-state index in [2.05, 4.69) is 9.97 Å². The number of hydrogen-bond donors (Lipinski definition) is 1. The van der Waals surface area contributed by atoms with Gasteiger partial charge < -0.3 is 14.6 Å². The molecule has 1 N–H and O–H groups in total. The molecule has 1 atom stereocenters. The van der Waals surface area contributed by atoms with Crippen molar-refractivity contribution in [2.45, 2.75) is 25.7 Å². The molecule has 1 aliphatic rings. The molecule has 1 aromatic heterocycles. The Balaban J connectivity index is 1.47. The molecule has 1 fully saturated rings. The summed E-state index contributed by atoms with van der Waals surface area (Å²) in [6, 6.07) is 6.21. The molecule has 2 heterocycles. The van der Waals surface area contributed by atoms with E-state index in [-0.39, 0.29) is 30.6 Å². The summed E-state index contributed by atoms with van der Waals surface area (Å²) in [5, 5.41) is 0. The van der Waals surface area contributed by atoms with Crippen LogP contribution in [0.5, 0.6) is 5.75 Å². The molecular weight excluding hydrogens is 297 g/mol. The topological polar surface area (TPSA) is 58.2 Å². The lowest BCUT2D eigenvalue weighted by Crippen LogP contribution is -2.29. The fourth-order valence-corrected chi connectivity index (χ4v) is 2.82. The molecule has 1 aromatic carbocycles. The van der Waals surface area contributed by atoms with Gasteiger partial charge in [0.25, 0.3) is 0 Å². The number of halogens is 1. The summed E-state index contributed by atoms with van der Waals surface area (Å²) in [6.07, 6.45) is 2.97. The van der Waals surface area contributed by atoms with Gasteiger partial charge in [-0.05, 0) is 25.5 Å². The number of ether oxygens (including phenoxy) is 1. The Morgan fingerprint density at radius 3 is 3.04 bits per heavy atom. The smallest absolute Gasteiger partial charge is 0.226 e. The van der Waals surface area contributed by atoms with E-state index in [0.717, 1.165) is 24.5 Å². The molecule has 3 rings (SSSR count). The van der Waals surface area contributed by atoms with Crippen LogP contribution in [0.4, 0.5) is 4.39 Å². The first-order valence-corrected chi connectivity index (χ1v) is 7.80. The highest BCUT2D eigenvalue weighted by Gasteiger charge is 2.28. The van der Waals surface area contributed by atoms with Crippen LogP contribution >= 0.6 is 0 Å². The average Bonchev–Trinajstić information content (AvgIpc) is 3.18. The summed E-state index contributed by atoms with van der Waals surface area (Å²) in [6.45, 7) is 3.55. The predicted octanol–water partition coefficient (Wildman–Crippen LogP) is 2.64. The quantitative estimate of drug-likeness (QED) is 0.922. The van der Waals surface area contributed by atoms with Crippen LogP contribution in [0.25, 0.3) is 0 Å². The lowest BCUT2D eigenvalue weighted by Gasteiger charge is -2.16. The molecule has 2 aromatic rings. The van der Waals surface area contributed by atoms with Gasteiger partial charge >= 0.3 is 0 Å². The number of carbonyl (C=O) groups is 1. The molecule has 1 aliphatic heterocycles. The van der Waals surface area contributed by atoms with E-state index < -0.39 is 5.82 Å². The molecular formula is C17H20FN3O2. The SMILES string of the molecule is Cc1cnc([C@H]2CCN(C(=O)CCOc3ccccc3F)C2)[nH]1. The Kier molecular flexibility index (Phi) is 4.60. The normalized spacial score (nSPS) is 17.5. The third-order valence-electron chi connectivity index (χ3n) is 4.06. The number of nitrogens with one attached hydrogen (secondary N) is 1. The van der Waals surface area contributed by atoms with E-state index in [1.165, 1.54) is 6.07 Å². The van der Waals surface area contributed by atoms with Gasteiger partial charge in [-0.15, -0.1) is 0 Å². The van der Waals surface area contributed by atoms with E-state index in [4.69, 9.17) is 4.74 Å². The van der Waals surface area contributed by atoms with Crippen LogP contribution < -0.4 is 4.74 Å². The van der Waals surface area contributed by atoms with Crippen LogP contribution in [0.15, 0.2) is 30.5 Å². The summed E-state index contributed by atoms with van der Waals surface area (Å²) < 4.78 is 18.8. The first-order valence-electron chi connectivity index (χ1n) is 7.80. The number of aromatic amines is 1. The van der Waals surface area contributed by atoms with E-state index in [1.807, 2.05) is 18.0 Å². The third kappa shape index (κ3) is 3.70. The zero-order valence-electron chi connectivity index (χ0n) is 13.1. The molecule has 0 spiro atoms. The first kappa shape index (κ1) is 15.5. The predicted molar refractivity (Wildman–Crippen MR) is 83.8 cm³/mol. The molecule has 1 amide bonds. The van der Waals surface area contributed by atoms with E-state index in [1.54, 1.807) is 18.2 Å². The lowest BCUT2D eigenvalue weighted by molar-refractivity contribution is -0.130. The van der Waals surface area contributed by atoms with Gasteiger partial charge in [0.2, 0.25) is 5.91 Å². The number of likely N-dealkylation sites (tertiary alicyclic amines) is 1. The van der Waals surface area contributed by atoms with Crippen molar-refractivity contribution in [1.82, 2.24) is 14.9 Å². The van der Waals surface area contributed by atoms with Crippen LogP contribution in [0.3, 0.4) is 0 Å². The molecule has 0 aliphatic carbocycles. The third-order valence-corrected chi connectivity index (χ3v) is 4.06. The van der Waals surface area contributed by atoms with Crippen molar-refractivity contribution in [3.05, 3.63) is 47.8 Å². The molecule has 1 saturated heterocycles. The summed E-state index contributed by atoms with van der Waals surface area (Å²) in [5.74, 6) is 1.02. The maximum atomic E-state index is 13.4. The van der Waals surface area contributed by atoms with Crippen molar-refractivity contribution >= 4 is 5.91 Å².